The molecule has 0 bridgehead atoms. The number of fused-ring (bicyclic) bond motifs is 1. The van der Waals surface area contributed by atoms with Gasteiger partial charge in [-0.2, -0.15) is 0 Å². The molecule has 1 unspecified atom stereocenters. The summed E-state index contributed by atoms with van der Waals surface area (Å²) >= 11 is 0. The number of amides is 1. The second-order valence-corrected chi connectivity index (χ2v) is 5.38. The van der Waals surface area contributed by atoms with Gasteiger partial charge in [-0.15, -0.1) is 0 Å². The number of likely N-dealkylation sites (tertiary alicyclic amines) is 1. The average molecular weight is 273 g/mol. The summed E-state index contributed by atoms with van der Waals surface area (Å²) in [5.74, 6) is 0.309. The van der Waals surface area contributed by atoms with Gasteiger partial charge in [-0.1, -0.05) is 18.2 Å². The number of piperidine rings is 1. The zero-order chi connectivity index (χ0) is 14.1. The van der Waals surface area contributed by atoms with Gasteiger partial charge in [0.25, 0.3) is 5.91 Å². The molecule has 106 valence electrons. The van der Waals surface area contributed by atoms with Gasteiger partial charge in [-0.25, -0.2) is 0 Å². The average Bonchev–Trinajstić information content (AvgIpc) is 2.84. The number of hydrogen-bond donors (Lipinski definition) is 1. The number of aliphatic hydroxyl groups is 1. The van der Waals surface area contributed by atoms with E-state index in [4.69, 9.17) is 4.42 Å². The van der Waals surface area contributed by atoms with Gasteiger partial charge in [0.2, 0.25) is 0 Å². The number of hydrogen-bond acceptors (Lipinski definition) is 3. The molecule has 1 amide bonds. The molecule has 4 nitrogen and oxygen atoms in total. The van der Waals surface area contributed by atoms with Gasteiger partial charge in [0.15, 0.2) is 5.76 Å². The van der Waals surface area contributed by atoms with Crippen molar-refractivity contribution in [2.45, 2.75) is 32.2 Å². The van der Waals surface area contributed by atoms with E-state index in [0.717, 1.165) is 35.8 Å². The standard InChI is InChI=1S/C16H19NO3/c1-11-13-7-2-3-8-14(13)20-15(11)16(19)17-9-5-4-6-12(17)10-18/h2-3,7-8,12,18H,4-6,9-10H2,1H3. The van der Waals surface area contributed by atoms with Crippen molar-refractivity contribution in [3.63, 3.8) is 0 Å². The first-order valence-electron chi connectivity index (χ1n) is 7.12. The number of para-hydroxylation sites is 1. The monoisotopic (exact) mass is 273 g/mol. The van der Waals surface area contributed by atoms with Crippen molar-refractivity contribution in [3.05, 3.63) is 35.6 Å². The SMILES string of the molecule is Cc1c(C(=O)N2CCCCC2CO)oc2ccccc12. The van der Waals surface area contributed by atoms with E-state index in [1.54, 1.807) is 4.90 Å². The summed E-state index contributed by atoms with van der Waals surface area (Å²) in [6, 6.07) is 7.60. The lowest BCUT2D eigenvalue weighted by atomic mass is 10.0. The fourth-order valence-electron chi connectivity index (χ4n) is 2.97. The molecule has 0 radical (unpaired) electrons. The number of carbonyl (C=O) groups is 1. The van der Waals surface area contributed by atoms with E-state index in [2.05, 4.69) is 0 Å². The maximum absolute atomic E-state index is 12.7. The van der Waals surface area contributed by atoms with Gasteiger partial charge in [0, 0.05) is 17.5 Å². The van der Waals surface area contributed by atoms with E-state index < -0.39 is 0 Å². The fourth-order valence-corrected chi connectivity index (χ4v) is 2.97. The summed E-state index contributed by atoms with van der Waals surface area (Å²) in [5, 5.41) is 10.4. The number of aryl methyl sites for hydroxylation is 1. The van der Waals surface area contributed by atoms with Crippen LogP contribution in [-0.4, -0.2) is 35.1 Å². The van der Waals surface area contributed by atoms with Crippen LogP contribution in [0.1, 0.15) is 35.4 Å². The topological polar surface area (TPSA) is 53.7 Å². The van der Waals surface area contributed by atoms with Crippen molar-refractivity contribution in [2.75, 3.05) is 13.2 Å². The summed E-state index contributed by atoms with van der Waals surface area (Å²) < 4.78 is 5.73. The second-order valence-electron chi connectivity index (χ2n) is 5.38. The minimum Gasteiger partial charge on any atom is -0.451 e. The van der Waals surface area contributed by atoms with Crippen LogP contribution in [0.2, 0.25) is 0 Å². The van der Waals surface area contributed by atoms with E-state index >= 15 is 0 Å². The minimum absolute atomic E-state index is 0.0189. The van der Waals surface area contributed by atoms with Crippen molar-refractivity contribution in [2.24, 2.45) is 0 Å². The Balaban J connectivity index is 1.97. The number of furan rings is 1. The predicted molar refractivity (Wildman–Crippen MR) is 76.7 cm³/mol. The van der Waals surface area contributed by atoms with Crippen molar-refractivity contribution >= 4 is 16.9 Å². The molecule has 1 saturated heterocycles. The van der Waals surface area contributed by atoms with Crippen molar-refractivity contribution in [1.29, 1.82) is 0 Å². The molecule has 2 heterocycles. The third kappa shape index (κ3) is 2.10. The molecule has 0 spiro atoms. The molecule has 1 fully saturated rings. The maximum Gasteiger partial charge on any atom is 0.290 e. The first-order chi connectivity index (χ1) is 9.72. The fraction of sp³-hybridized carbons (Fsp3) is 0.438. The van der Waals surface area contributed by atoms with Crippen molar-refractivity contribution in [3.8, 4) is 0 Å². The van der Waals surface area contributed by atoms with Crippen LogP contribution in [0.3, 0.4) is 0 Å². The number of benzene rings is 1. The zero-order valence-electron chi connectivity index (χ0n) is 11.6. The largest absolute Gasteiger partial charge is 0.451 e. The number of aliphatic hydroxyl groups excluding tert-OH is 1. The molecular weight excluding hydrogens is 254 g/mol. The van der Waals surface area contributed by atoms with Crippen LogP contribution in [0.25, 0.3) is 11.0 Å². The first-order valence-corrected chi connectivity index (χ1v) is 7.12. The third-order valence-electron chi connectivity index (χ3n) is 4.14. The number of nitrogens with zero attached hydrogens (tertiary/aromatic N) is 1. The molecule has 1 aliphatic heterocycles. The smallest absolute Gasteiger partial charge is 0.290 e. The Hall–Kier alpha value is -1.81. The Bertz CT molecular complexity index is 632. The summed E-state index contributed by atoms with van der Waals surface area (Å²) in [7, 11) is 0. The highest BCUT2D eigenvalue weighted by Crippen LogP contribution is 2.28. The summed E-state index contributed by atoms with van der Waals surface area (Å²) in [6.07, 6.45) is 2.91. The summed E-state index contributed by atoms with van der Waals surface area (Å²) in [6.45, 7) is 2.63. The van der Waals surface area contributed by atoms with E-state index in [9.17, 15) is 9.90 Å². The van der Waals surface area contributed by atoms with E-state index in [0.29, 0.717) is 12.3 Å². The molecule has 20 heavy (non-hydrogen) atoms. The molecule has 0 aliphatic carbocycles. The van der Waals surface area contributed by atoms with E-state index in [-0.39, 0.29) is 18.6 Å². The molecule has 3 rings (SSSR count). The second kappa shape index (κ2) is 5.29. The molecule has 4 heteroatoms. The lowest BCUT2D eigenvalue weighted by Crippen LogP contribution is -2.45. The maximum atomic E-state index is 12.7. The summed E-state index contributed by atoms with van der Waals surface area (Å²) in [4.78, 5) is 14.4. The van der Waals surface area contributed by atoms with E-state index in [1.807, 2.05) is 31.2 Å². The van der Waals surface area contributed by atoms with Crippen LogP contribution < -0.4 is 0 Å². The third-order valence-corrected chi connectivity index (χ3v) is 4.14. The molecule has 0 saturated carbocycles. The van der Waals surface area contributed by atoms with Crippen molar-refractivity contribution < 1.29 is 14.3 Å². The minimum atomic E-state index is -0.0996. The molecule has 2 aromatic rings. The highest BCUT2D eigenvalue weighted by Gasteiger charge is 2.30. The lowest BCUT2D eigenvalue weighted by molar-refractivity contribution is 0.0474. The quantitative estimate of drug-likeness (QED) is 0.915. The molecular formula is C16H19NO3. The van der Waals surface area contributed by atoms with Gasteiger partial charge < -0.3 is 14.4 Å². The van der Waals surface area contributed by atoms with Crippen LogP contribution in [-0.2, 0) is 0 Å². The van der Waals surface area contributed by atoms with Gasteiger partial charge in [0.05, 0.1) is 12.6 Å². The van der Waals surface area contributed by atoms with Gasteiger partial charge in [-0.05, 0) is 32.3 Å². The van der Waals surface area contributed by atoms with Gasteiger partial charge >= 0.3 is 0 Å². The highest BCUT2D eigenvalue weighted by molar-refractivity contribution is 5.99. The van der Waals surface area contributed by atoms with Crippen LogP contribution in [0.15, 0.2) is 28.7 Å². The molecule has 1 atom stereocenters. The number of rotatable bonds is 2. The van der Waals surface area contributed by atoms with Crippen molar-refractivity contribution in [1.82, 2.24) is 4.90 Å². The Morgan fingerprint density at radius 3 is 2.95 bits per heavy atom. The van der Waals surface area contributed by atoms with Crippen LogP contribution in [0.4, 0.5) is 0 Å². The Labute approximate surface area is 118 Å². The van der Waals surface area contributed by atoms with Crippen LogP contribution in [0, 0.1) is 6.92 Å². The lowest BCUT2D eigenvalue weighted by Gasteiger charge is -2.34. The molecule has 1 aliphatic rings. The Morgan fingerprint density at radius 2 is 2.20 bits per heavy atom. The van der Waals surface area contributed by atoms with Crippen LogP contribution in [0.5, 0.6) is 0 Å². The van der Waals surface area contributed by atoms with Crippen LogP contribution >= 0.6 is 0 Å². The Kier molecular flexibility index (Phi) is 3.49. The van der Waals surface area contributed by atoms with Gasteiger partial charge in [0.1, 0.15) is 5.58 Å². The van der Waals surface area contributed by atoms with Gasteiger partial charge in [-0.3, -0.25) is 4.79 Å². The molecule has 1 N–H and O–H groups in total. The number of carbonyl (C=O) groups excluding carboxylic acids is 1. The molecule has 1 aromatic heterocycles. The first kappa shape index (κ1) is 13.2. The highest BCUT2D eigenvalue weighted by atomic mass is 16.3. The van der Waals surface area contributed by atoms with E-state index in [1.165, 1.54) is 0 Å². The normalized spacial score (nSPS) is 19.5. The molecule has 1 aromatic carbocycles. The Morgan fingerprint density at radius 1 is 1.40 bits per heavy atom. The summed E-state index contributed by atoms with van der Waals surface area (Å²) in [5.41, 5.74) is 1.62. The predicted octanol–water partition coefficient (Wildman–Crippen LogP) is 2.73. The zero-order valence-corrected chi connectivity index (χ0v) is 11.6.